The molecule has 1 saturated heterocycles. The molecule has 3 rings (SSSR count). The topological polar surface area (TPSA) is 98.8 Å². The Hall–Kier alpha value is -3.52. The van der Waals surface area contributed by atoms with Crippen LogP contribution in [0.2, 0.25) is 0 Å². The van der Waals surface area contributed by atoms with E-state index in [1.807, 2.05) is 0 Å². The van der Waals surface area contributed by atoms with Gasteiger partial charge < -0.3 is 24.3 Å². The van der Waals surface area contributed by atoms with Crippen LogP contribution in [0.25, 0.3) is 0 Å². The van der Waals surface area contributed by atoms with Crippen LogP contribution >= 0.6 is 0 Å². The van der Waals surface area contributed by atoms with Crippen molar-refractivity contribution in [3.05, 3.63) is 53.5 Å². The number of hydrogen-bond acceptors (Lipinski definition) is 6. The number of furan rings is 1. The highest BCUT2D eigenvalue weighted by Crippen LogP contribution is 2.35. The number of halogens is 3. The fourth-order valence-electron chi connectivity index (χ4n) is 3.49. The third-order valence-electron chi connectivity index (χ3n) is 5.11. The largest absolute Gasteiger partial charge is 0.472 e. The van der Waals surface area contributed by atoms with E-state index in [4.69, 9.17) is 14.4 Å². The fraction of sp³-hybridized carbons (Fsp3) is 0.381. The van der Waals surface area contributed by atoms with Crippen LogP contribution in [0.15, 0.2) is 41.2 Å². The van der Waals surface area contributed by atoms with Crippen molar-refractivity contribution in [3.8, 4) is 6.07 Å². The Morgan fingerprint density at radius 2 is 2.09 bits per heavy atom. The van der Waals surface area contributed by atoms with Crippen molar-refractivity contribution in [3.63, 3.8) is 0 Å². The molecule has 1 N–H and O–H groups in total. The molecule has 1 aliphatic heterocycles. The Morgan fingerprint density at radius 3 is 2.72 bits per heavy atom. The number of anilines is 1. The van der Waals surface area contributed by atoms with Gasteiger partial charge >= 0.3 is 6.18 Å². The second-order valence-corrected chi connectivity index (χ2v) is 7.10. The average molecular weight is 450 g/mol. The number of ether oxygens (including phenoxy) is 1. The van der Waals surface area contributed by atoms with Crippen molar-refractivity contribution in [2.45, 2.75) is 12.2 Å². The third-order valence-corrected chi connectivity index (χ3v) is 5.11. The summed E-state index contributed by atoms with van der Waals surface area (Å²) in [6.45, 7) is 0.769. The molecular formula is C21H21F3N4O4. The van der Waals surface area contributed by atoms with E-state index < -0.39 is 35.2 Å². The molecule has 170 valence electrons. The summed E-state index contributed by atoms with van der Waals surface area (Å²) >= 11 is 0. The number of piperazine rings is 1. The van der Waals surface area contributed by atoms with Crippen LogP contribution in [0, 0.1) is 11.3 Å². The predicted octanol–water partition coefficient (Wildman–Crippen LogP) is 2.26. The summed E-state index contributed by atoms with van der Waals surface area (Å²) in [6.07, 6.45) is -2.09. The van der Waals surface area contributed by atoms with E-state index in [2.05, 4.69) is 5.32 Å². The molecule has 2 aromatic rings. The maximum absolute atomic E-state index is 13.4. The number of benzene rings is 1. The molecule has 1 unspecified atom stereocenters. The fourth-order valence-corrected chi connectivity index (χ4v) is 3.49. The molecule has 0 aliphatic carbocycles. The van der Waals surface area contributed by atoms with E-state index in [1.165, 1.54) is 36.7 Å². The summed E-state index contributed by atoms with van der Waals surface area (Å²) < 4.78 is 50.0. The summed E-state index contributed by atoms with van der Waals surface area (Å²) in [7, 11) is 1.48. The summed E-state index contributed by atoms with van der Waals surface area (Å²) in [5, 5.41) is 11.7. The quantitative estimate of drug-likeness (QED) is 0.678. The standard InChI is InChI=1S/C21H21F3N4O4/c1-31-9-5-26-19(29)18-12-27(6-7-28(18)20(30)15-4-8-32-13-15)16-3-2-14(11-25)17(10-16)21(22,23)24/h2-4,8,10,13,18H,5-7,9,12H2,1H3,(H,26,29). The number of alkyl halides is 3. The van der Waals surface area contributed by atoms with Crippen molar-refractivity contribution >= 4 is 17.5 Å². The first-order valence-corrected chi connectivity index (χ1v) is 9.72. The Balaban J connectivity index is 1.87. The second-order valence-electron chi connectivity index (χ2n) is 7.10. The molecule has 11 heteroatoms. The van der Waals surface area contributed by atoms with Gasteiger partial charge in [-0.3, -0.25) is 9.59 Å². The minimum Gasteiger partial charge on any atom is -0.472 e. The number of nitrogens with one attached hydrogen (secondary N) is 1. The van der Waals surface area contributed by atoms with Gasteiger partial charge in [0.1, 0.15) is 12.3 Å². The van der Waals surface area contributed by atoms with Gasteiger partial charge in [0.2, 0.25) is 5.91 Å². The highest BCUT2D eigenvalue weighted by molar-refractivity contribution is 5.97. The Labute approximate surface area is 182 Å². The van der Waals surface area contributed by atoms with Crippen LogP contribution in [0.1, 0.15) is 21.5 Å². The molecule has 1 aliphatic rings. The van der Waals surface area contributed by atoms with Crippen LogP contribution in [-0.2, 0) is 15.7 Å². The van der Waals surface area contributed by atoms with E-state index in [0.29, 0.717) is 0 Å². The SMILES string of the molecule is COCCNC(=O)C1CN(c2ccc(C#N)c(C(F)(F)F)c2)CCN1C(=O)c1ccoc1. The van der Waals surface area contributed by atoms with Gasteiger partial charge in [0.05, 0.1) is 35.6 Å². The predicted molar refractivity (Wildman–Crippen MR) is 107 cm³/mol. The Morgan fingerprint density at radius 1 is 1.31 bits per heavy atom. The monoisotopic (exact) mass is 450 g/mol. The molecule has 0 saturated carbocycles. The van der Waals surface area contributed by atoms with Crippen molar-refractivity contribution < 1.29 is 31.9 Å². The Bertz CT molecular complexity index is 1000. The van der Waals surface area contributed by atoms with Gasteiger partial charge in [0, 0.05) is 39.0 Å². The highest BCUT2D eigenvalue weighted by Gasteiger charge is 2.38. The molecule has 8 nitrogen and oxygen atoms in total. The number of hydrogen-bond donors (Lipinski definition) is 1. The summed E-state index contributed by atoms with van der Waals surface area (Å²) in [6, 6.07) is 5.48. The summed E-state index contributed by atoms with van der Waals surface area (Å²) in [4.78, 5) is 28.7. The van der Waals surface area contributed by atoms with E-state index in [-0.39, 0.29) is 44.0 Å². The van der Waals surface area contributed by atoms with Gasteiger partial charge in [-0.25, -0.2) is 0 Å². The minimum atomic E-state index is -4.70. The lowest BCUT2D eigenvalue weighted by Gasteiger charge is -2.41. The molecule has 32 heavy (non-hydrogen) atoms. The van der Waals surface area contributed by atoms with E-state index in [0.717, 1.165) is 12.1 Å². The third kappa shape index (κ3) is 5.03. The molecule has 2 heterocycles. The second kappa shape index (κ2) is 9.74. The van der Waals surface area contributed by atoms with Gasteiger partial charge in [-0.1, -0.05) is 0 Å². The van der Waals surface area contributed by atoms with Crippen LogP contribution in [0.5, 0.6) is 0 Å². The first kappa shape index (κ1) is 23.1. The molecule has 0 radical (unpaired) electrons. The number of nitrogens with zero attached hydrogens (tertiary/aromatic N) is 3. The van der Waals surface area contributed by atoms with Gasteiger partial charge in [-0.15, -0.1) is 0 Å². The van der Waals surface area contributed by atoms with Crippen molar-refractivity contribution in [2.75, 3.05) is 44.8 Å². The normalized spacial score (nSPS) is 16.5. The molecule has 1 fully saturated rings. The van der Waals surface area contributed by atoms with Crippen molar-refractivity contribution in [1.29, 1.82) is 5.26 Å². The zero-order valence-electron chi connectivity index (χ0n) is 17.2. The van der Waals surface area contributed by atoms with Gasteiger partial charge in [0.25, 0.3) is 5.91 Å². The van der Waals surface area contributed by atoms with Gasteiger partial charge in [-0.2, -0.15) is 18.4 Å². The maximum Gasteiger partial charge on any atom is 0.417 e. The van der Waals surface area contributed by atoms with Crippen molar-refractivity contribution in [1.82, 2.24) is 10.2 Å². The molecule has 1 aromatic carbocycles. The number of rotatable bonds is 6. The molecule has 1 atom stereocenters. The lowest BCUT2D eigenvalue weighted by molar-refractivity contribution is -0.137. The summed E-state index contributed by atoms with van der Waals surface area (Å²) in [5.41, 5.74) is -1.05. The molecule has 1 aromatic heterocycles. The number of carbonyl (C=O) groups is 2. The zero-order chi connectivity index (χ0) is 23.3. The van der Waals surface area contributed by atoms with Gasteiger partial charge in [0.15, 0.2) is 0 Å². The lowest BCUT2D eigenvalue weighted by atomic mass is 10.0. The number of methoxy groups -OCH3 is 1. The van der Waals surface area contributed by atoms with Crippen LogP contribution in [-0.4, -0.2) is 62.7 Å². The van der Waals surface area contributed by atoms with Crippen LogP contribution < -0.4 is 10.2 Å². The number of amides is 2. The van der Waals surface area contributed by atoms with Gasteiger partial charge in [-0.05, 0) is 24.3 Å². The summed E-state index contributed by atoms with van der Waals surface area (Å²) in [5.74, 6) is -0.866. The maximum atomic E-state index is 13.4. The van der Waals surface area contributed by atoms with E-state index in [1.54, 1.807) is 11.0 Å². The minimum absolute atomic E-state index is 0.0222. The van der Waals surface area contributed by atoms with E-state index in [9.17, 15) is 22.8 Å². The smallest absolute Gasteiger partial charge is 0.417 e. The lowest BCUT2D eigenvalue weighted by Crippen LogP contribution is -2.61. The van der Waals surface area contributed by atoms with Crippen LogP contribution in [0.3, 0.4) is 0 Å². The molecule has 2 amide bonds. The zero-order valence-corrected chi connectivity index (χ0v) is 17.2. The van der Waals surface area contributed by atoms with Crippen LogP contribution in [0.4, 0.5) is 18.9 Å². The van der Waals surface area contributed by atoms with Crippen molar-refractivity contribution in [2.24, 2.45) is 0 Å². The molecule has 0 bridgehead atoms. The molecule has 0 spiro atoms. The number of carbonyl (C=O) groups excluding carboxylic acids is 2. The first-order valence-electron chi connectivity index (χ1n) is 9.72. The van der Waals surface area contributed by atoms with E-state index >= 15 is 0 Å². The first-order chi connectivity index (χ1) is 15.3. The molecular weight excluding hydrogens is 429 g/mol. The highest BCUT2D eigenvalue weighted by atomic mass is 19.4. The average Bonchev–Trinajstić information content (AvgIpc) is 3.32. The number of nitriles is 1. The Kier molecular flexibility index (Phi) is 7.05.